The lowest BCUT2D eigenvalue weighted by molar-refractivity contribution is -0.122. The van der Waals surface area contributed by atoms with Gasteiger partial charge in [0, 0.05) is 49.5 Å². The Labute approximate surface area is 183 Å². The van der Waals surface area contributed by atoms with Gasteiger partial charge in [-0.3, -0.25) is 4.79 Å². The number of ether oxygens (including phenoxy) is 1. The van der Waals surface area contributed by atoms with E-state index in [1.54, 1.807) is 0 Å². The Hall–Kier alpha value is -3.31. The van der Waals surface area contributed by atoms with Gasteiger partial charge in [0.15, 0.2) is 0 Å². The average Bonchev–Trinajstić information content (AvgIpc) is 2.81. The highest BCUT2D eigenvalue weighted by Crippen LogP contribution is 2.43. The van der Waals surface area contributed by atoms with Crippen LogP contribution in [0.15, 0.2) is 72.8 Å². The minimum atomic E-state index is -0.378. The fourth-order valence-corrected chi connectivity index (χ4v) is 4.49. The lowest BCUT2D eigenvalue weighted by atomic mass is 9.87. The van der Waals surface area contributed by atoms with E-state index in [4.69, 9.17) is 4.74 Å². The molecule has 1 N–H and O–H groups in total. The Bertz CT molecular complexity index is 1040. The Kier molecular flexibility index (Phi) is 5.35. The van der Waals surface area contributed by atoms with Crippen molar-refractivity contribution in [3.8, 4) is 11.5 Å². The summed E-state index contributed by atoms with van der Waals surface area (Å²) < 4.78 is 6.04. The SMILES string of the molecule is CN1CCN(c2ccccc2CNC(=O)C2c3ccccc3Oc3ccccc32)CC1. The smallest absolute Gasteiger partial charge is 0.232 e. The van der Waals surface area contributed by atoms with Gasteiger partial charge in [-0.15, -0.1) is 0 Å². The Morgan fingerprint density at radius 1 is 0.871 bits per heavy atom. The number of hydrogen-bond donors (Lipinski definition) is 1. The third kappa shape index (κ3) is 3.89. The van der Waals surface area contributed by atoms with E-state index in [0.29, 0.717) is 6.54 Å². The summed E-state index contributed by atoms with van der Waals surface area (Å²) in [6.07, 6.45) is 0. The number of benzene rings is 3. The molecular weight excluding hydrogens is 386 g/mol. The summed E-state index contributed by atoms with van der Waals surface area (Å²) in [7, 11) is 2.16. The largest absolute Gasteiger partial charge is 0.457 e. The molecule has 5 rings (SSSR count). The first-order valence-corrected chi connectivity index (χ1v) is 10.9. The van der Waals surface area contributed by atoms with Crippen molar-refractivity contribution in [1.82, 2.24) is 10.2 Å². The molecule has 0 aromatic heterocycles. The van der Waals surface area contributed by atoms with Gasteiger partial charge in [-0.1, -0.05) is 54.6 Å². The molecule has 0 radical (unpaired) electrons. The van der Waals surface area contributed by atoms with E-state index in [1.807, 2.05) is 54.6 Å². The summed E-state index contributed by atoms with van der Waals surface area (Å²) in [6.45, 7) is 4.61. The number of amides is 1. The zero-order valence-corrected chi connectivity index (χ0v) is 17.8. The molecule has 0 saturated carbocycles. The van der Waals surface area contributed by atoms with Crippen LogP contribution in [0.3, 0.4) is 0 Å². The molecule has 1 saturated heterocycles. The molecule has 0 spiro atoms. The quantitative estimate of drug-likeness (QED) is 0.702. The molecule has 158 valence electrons. The fraction of sp³-hybridized carbons (Fsp3) is 0.269. The van der Waals surface area contributed by atoms with E-state index < -0.39 is 0 Å². The normalized spacial score (nSPS) is 16.2. The van der Waals surface area contributed by atoms with Crippen LogP contribution in [0.25, 0.3) is 0 Å². The number of rotatable bonds is 4. The third-order valence-corrected chi connectivity index (χ3v) is 6.23. The molecule has 2 heterocycles. The molecule has 0 unspecified atom stereocenters. The van der Waals surface area contributed by atoms with Crippen molar-refractivity contribution in [2.24, 2.45) is 0 Å². The van der Waals surface area contributed by atoms with Crippen LogP contribution in [0.4, 0.5) is 5.69 Å². The van der Waals surface area contributed by atoms with Gasteiger partial charge in [0.1, 0.15) is 11.5 Å². The summed E-state index contributed by atoms with van der Waals surface area (Å²) >= 11 is 0. The molecule has 0 aliphatic carbocycles. The predicted octanol–water partition coefficient (Wildman–Crippen LogP) is 3.99. The minimum Gasteiger partial charge on any atom is -0.457 e. The van der Waals surface area contributed by atoms with E-state index in [0.717, 1.165) is 54.4 Å². The minimum absolute atomic E-state index is 0.00335. The summed E-state index contributed by atoms with van der Waals surface area (Å²) in [4.78, 5) is 18.2. The van der Waals surface area contributed by atoms with Crippen LogP contribution < -0.4 is 15.0 Å². The molecule has 1 fully saturated rings. The van der Waals surface area contributed by atoms with Crippen molar-refractivity contribution in [2.45, 2.75) is 12.5 Å². The van der Waals surface area contributed by atoms with Crippen LogP contribution in [-0.4, -0.2) is 44.0 Å². The monoisotopic (exact) mass is 413 g/mol. The Balaban J connectivity index is 1.38. The number of anilines is 1. The number of fused-ring (bicyclic) bond motifs is 2. The van der Waals surface area contributed by atoms with E-state index >= 15 is 0 Å². The molecule has 3 aromatic rings. The van der Waals surface area contributed by atoms with Gasteiger partial charge >= 0.3 is 0 Å². The molecule has 2 aliphatic heterocycles. The first-order chi connectivity index (χ1) is 15.2. The first kappa shape index (κ1) is 19.6. The van der Waals surface area contributed by atoms with Crippen LogP contribution >= 0.6 is 0 Å². The molecule has 5 nitrogen and oxygen atoms in total. The summed E-state index contributed by atoms with van der Waals surface area (Å²) in [6, 6.07) is 24.0. The maximum absolute atomic E-state index is 13.4. The van der Waals surface area contributed by atoms with Crippen molar-refractivity contribution in [3.05, 3.63) is 89.5 Å². The van der Waals surface area contributed by atoms with Gasteiger partial charge in [0.05, 0.1) is 5.92 Å². The molecule has 0 bridgehead atoms. The lowest BCUT2D eigenvalue weighted by Crippen LogP contribution is -2.45. The van der Waals surface area contributed by atoms with Crippen LogP contribution in [0.1, 0.15) is 22.6 Å². The predicted molar refractivity (Wildman–Crippen MR) is 123 cm³/mol. The number of piperazine rings is 1. The summed E-state index contributed by atoms with van der Waals surface area (Å²) in [5.41, 5.74) is 4.18. The van der Waals surface area contributed by atoms with Crippen molar-refractivity contribution in [1.29, 1.82) is 0 Å². The number of hydrogen-bond acceptors (Lipinski definition) is 4. The Morgan fingerprint density at radius 3 is 2.13 bits per heavy atom. The average molecular weight is 414 g/mol. The summed E-state index contributed by atoms with van der Waals surface area (Å²) in [5.74, 6) is 1.12. The number of carbonyl (C=O) groups is 1. The summed E-state index contributed by atoms with van der Waals surface area (Å²) in [5, 5.41) is 3.21. The zero-order chi connectivity index (χ0) is 21.2. The zero-order valence-electron chi connectivity index (χ0n) is 17.8. The van der Waals surface area contributed by atoms with Crippen molar-refractivity contribution in [3.63, 3.8) is 0 Å². The molecule has 1 amide bonds. The topological polar surface area (TPSA) is 44.8 Å². The maximum Gasteiger partial charge on any atom is 0.232 e. The molecular formula is C26H27N3O2. The van der Waals surface area contributed by atoms with E-state index in [-0.39, 0.29) is 11.8 Å². The van der Waals surface area contributed by atoms with Crippen LogP contribution in [0, 0.1) is 0 Å². The first-order valence-electron chi connectivity index (χ1n) is 10.9. The number of nitrogens with one attached hydrogen (secondary N) is 1. The van der Waals surface area contributed by atoms with Gasteiger partial charge in [-0.2, -0.15) is 0 Å². The molecule has 5 heteroatoms. The van der Waals surface area contributed by atoms with Crippen molar-refractivity contribution >= 4 is 11.6 Å². The molecule has 0 atom stereocenters. The standard InChI is InChI=1S/C26H27N3O2/c1-28-14-16-29(17-15-28)22-11-5-2-8-19(22)18-27-26(30)25-20-9-3-6-12-23(20)31-24-13-7-4-10-21(24)25/h2-13,25H,14-18H2,1H3,(H,27,30). The van der Waals surface area contributed by atoms with E-state index in [9.17, 15) is 4.79 Å². The van der Waals surface area contributed by atoms with Gasteiger partial charge in [0.25, 0.3) is 0 Å². The van der Waals surface area contributed by atoms with E-state index in [2.05, 4.69) is 40.4 Å². The Morgan fingerprint density at radius 2 is 1.45 bits per heavy atom. The van der Waals surface area contributed by atoms with Crippen molar-refractivity contribution in [2.75, 3.05) is 38.1 Å². The highest BCUT2D eigenvalue weighted by Gasteiger charge is 2.32. The third-order valence-electron chi connectivity index (χ3n) is 6.23. The molecule has 3 aromatic carbocycles. The number of nitrogens with zero attached hydrogens (tertiary/aromatic N) is 2. The second-order valence-corrected chi connectivity index (χ2v) is 8.25. The number of likely N-dealkylation sites (N-methyl/N-ethyl adjacent to an activating group) is 1. The highest BCUT2D eigenvalue weighted by molar-refractivity contribution is 5.89. The second-order valence-electron chi connectivity index (χ2n) is 8.25. The van der Waals surface area contributed by atoms with Gasteiger partial charge in [-0.25, -0.2) is 0 Å². The lowest BCUT2D eigenvalue weighted by Gasteiger charge is -2.35. The van der Waals surface area contributed by atoms with Crippen LogP contribution in [-0.2, 0) is 11.3 Å². The molecule has 2 aliphatic rings. The van der Waals surface area contributed by atoms with Crippen LogP contribution in [0.2, 0.25) is 0 Å². The van der Waals surface area contributed by atoms with E-state index in [1.165, 1.54) is 5.69 Å². The van der Waals surface area contributed by atoms with Crippen LogP contribution in [0.5, 0.6) is 11.5 Å². The van der Waals surface area contributed by atoms with Gasteiger partial charge in [-0.05, 0) is 30.8 Å². The maximum atomic E-state index is 13.4. The number of carbonyl (C=O) groups excluding carboxylic acids is 1. The van der Waals surface area contributed by atoms with Gasteiger partial charge < -0.3 is 19.9 Å². The van der Waals surface area contributed by atoms with Gasteiger partial charge in [0.2, 0.25) is 5.91 Å². The number of para-hydroxylation sites is 3. The highest BCUT2D eigenvalue weighted by atomic mass is 16.5. The molecule has 31 heavy (non-hydrogen) atoms. The second kappa shape index (κ2) is 8.44. The van der Waals surface area contributed by atoms with Crippen molar-refractivity contribution < 1.29 is 9.53 Å². The fourth-order valence-electron chi connectivity index (χ4n) is 4.49.